The minimum absolute atomic E-state index is 0.221. The van der Waals surface area contributed by atoms with Gasteiger partial charge in [0.2, 0.25) is 0 Å². The Hall–Kier alpha value is -1.35. The summed E-state index contributed by atoms with van der Waals surface area (Å²) in [5.74, 6) is -0.221. The average molecular weight is 294 g/mol. The van der Waals surface area contributed by atoms with E-state index in [0.717, 1.165) is 17.4 Å². The summed E-state index contributed by atoms with van der Waals surface area (Å²) in [5.41, 5.74) is 1.78. The summed E-state index contributed by atoms with van der Waals surface area (Å²) in [6.07, 6.45) is 0.882. The number of rotatable bonds is 4. The second kappa shape index (κ2) is 5.82. The SMILES string of the molecule is Fc1ccc(Br)cc1NCCc1ccccc1. The first-order valence-electron chi connectivity index (χ1n) is 5.48. The Bertz CT molecular complexity index is 485. The van der Waals surface area contributed by atoms with Crippen LogP contribution in [0.2, 0.25) is 0 Å². The largest absolute Gasteiger partial charge is 0.382 e. The minimum Gasteiger partial charge on any atom is -0.382 e. The molecule has 0 spiro atoms. The summed E-state index contributed by atoms with van der Waals surface area (Å²) in [7, 11) is 0. The lowest BCUT2D eigenvalue weighted by Crippen LogP contribution is -2.06. The second-order valence-corrected chi connectivity index (χ2v) is 4.70. The van der Waals surface area contributed by atoms with Crippen molar-refractivity contribution in [1.29, 1.82) is 0 Å². The molecule has 0 unspecified atom stereocenters. The topological polar surface area (TPSA) is 12.0 Å². The lowest BCUT2D eigenvalue weighted by Gasteiger charge is -2.08. The summed E-state index contributed by atoms with van der Waals surface area (Å²) >= 11 is 3.33. The highest BCUT2D eigenvalue weighted by Gasteiger charge is 2.01. The first-order valence-corrected chi connectivity index (χ1v) is 6.28. The highest BCUT2D eigenvalue weighted by atomic mass is 79.9. The first kappa shape index (κ1) is 12.1. The van der Waals surface area contributed by atoms with Crippen LogP contribution in [-0.4, -0.2) is 6.54 Å². The second-order valence-electron chi connectivity index (χ2n) is 3.79. The van der Waals surface area contributed by atoms with E-state index in [1.54, 1.807) is 12.1 Å². The number of halogens is 2. The molecule has 17 heavy (non-hydrogen) atoms. The maximum Gasteiger partial charge on any atom is 0.146 e. The van der Waals surface area contributed by atoms with E-state index >= 15 is 0 Å². The third-order valence-electron chi connectivity index (χ3n) is 2.50. The van der Waals surface area contributed by atoms with Crippen molar-refractivity contribution >= 4 is 21.6 Å². The van der Waals surface area contributed by atoms with Gasteiger partial charge in [-0.3, -0.25) is 0 Å². The molecule has 0 aliphatic carbocycles. The Kier molecular flexibility index (Phi) is 4.15. The standard InChI is InChI=1S/C14H13BrFN/c15-12-6-7-13(16)14(10-12)17-9-8-11-4-2-1-3-5-11/h1-7,10,17H,8-9H2. The Labute approximate surface area is 109 Å². The third kappa shape index (κ3) is 3.56. The predicted molar refractivity (Wildman–Crippen MR) is 72.7 cm³/mol. The van der Waals surface area contributed by atoms with Crippen molar-refractivity contribution < 1.29 is 4.39 Å². The van der Waals surface area contributed by atoms with Gasteiger partial charge >= 0.3 is 0 Å². The zero-order chi connectivity index (χ0) is 12.1. The molecule has 0 heterocycles. The van der Waals surface area contributed by atoms with Crippen molar-refractivity contribution in [3.8, 4) is 0 Å². The summed E-state index contributed by atoms with van der Waals surface area (Å²) in [6.45, 7) is 0.720. The van der Waals surface area contributed by atoms with E-state index in [9.17, 15) is 4.39 Å². The van der Waals surface area contributed by atoms with Gasteiger partial charge in [0.15, 0.2) is 0 Å². The highest BCUT2D eigenvalue weighted by molar-refractivity contribution is 9.10. The molecule has 2 aromatic carbocycles. The van der Waals surface area contributed by atoms with Gasteiger partial charge in [-0.25, -0.2) is 4.39 Å². The number of benzene rings is 2. The van der Waals surface area contributed by atoms with Gasteiger partial charge in [-0.15, -0.1) is 0 Å². The van der Waals surface area contributed by atoms with E-state index in [2.05, 4.69) is 33.4 Å². The van der Waals surface area contributed by atoms with Crippen LogP contribution < -0.4 is 5.32 Å². The van der Waals surface area contributed by atoms with Crippen molar-refractivity contribution in [2.45, 2.75) is 6.42 Å². The fraction of sp³-hybridized carbons (Fsp3) is 0.143. The summed E-state index contributed by atoms with van der Waals surface area (Å²) in [4.78, 5) is 0. The molecule has 0 saturated heterocycles. The fourth-order valence-electron chi connectivity index (χ4n) is 1.62. The molecule has 2 rings (SSSR count). The quantitative estimate of drug-likeness (QED) is 0.889. The van der Waals surface area contributed by atoms with E-state index in [1.165, 1.54) is 11.6 Å². The predicted octanol–water partition coefficient (Wildman–Crippen LogP) is 4.24. The molecule has 1 N–H and O–H groups in total. The zero-order valence-corrected chi connectivity index (χ0v) is 10.9. The van der Waals surface area contributed by atoms with Crippen LogP contribution in [0.4, 0.5) is 10.1 Å². The zero-order valence-electron chi connectivity index (χ0n) is 9.29. The van der Waals surface area contributed by atoms with Crippen molar-refractivity contribution in [2.75, 3.05) is 11.9 Å². The molecule has 0 aliphatic rings. The lowest BCUT2D eigenvalue weighted by atomic mass is 10.1. The van der Waals surface area contributed by atoms with Gasteiger partial charge in [0.05, 0.1) is 5.69 Å². The van der Waals surface area contributed by atoms with E-state index in [1.807, 2.05) is 18.2 Å². The van der Waals surface area contributed by atoms with Gasteiger partial charge in [0, 0.05) is 11.0 Å². The normalized spacial score (nSPS) is 10.2. The molecule has 0 radical (unpaired) electrons. The van der Waals surface area contributed by atoms with Gasteiger partial charge in [0.25, 0.3) is 0 Å². The molecule has 2 aromatic rings. The molecule has 0 aliphatic heterocycles. The molecular formula is C14H13BrFN. The molecular weight excluding hydrogens is 281 g/mol. The Morgan fingerprint density at radius 3 is 2.59 bits per heavy atom. The lowest BCUT2D eigenvalue weighted by molar-refractivity contribution is 0.630. The van der Waals surface area contributed by atoms with E-state index in [-0.39, 0.29) is 5.82 Å². The van der Waals surface area contributed by atoms with Gasteiger partial charge in [0.1, 0.15) is 5.82 Å². The molecule has 1 nitrogen and oxygen atoms in total. The molecule has 0 bridgehead atoms. The van der Waals surface area contributed by atoms with Crippen molar-refractivity contribution in [1.82, 2.24) is 0 Å². The van der Waals surface area contributed by atoms with Crippen LogP contribution in [0.1, 0.15) is 5.56 Å². The van der Waals surface area contributed by atoms with Gasteiger partial charge < -0.3 is 5.32 Å². The van der Waals surface area contributed by atoms with E-state index < -0.39 is 0 Å². The molecule has 0 fully saturated rings. The van der Waals surface area contributed by atoms with Crippen molar-refractivity contribution in [3.05, 3.63) is 64.4 Å². The molecule has 0 aromatic heterocycles. The monoisotopic (exact) mass is 293 g/mol. The van der Waals surface area contributed by atoms with Gasteiger partial charge in [-0.2, -0.15) is 0 Å². The van der Waals surface area contributed by atoms with Crippen molar-refractivity contribution in [2.24, 2.45) is 0 Å². The van der Waals surface area contributed by atoms with E-state index in [4.69, 9.17) is 0 Å². The molecule has 88 valence electrons. The van der Waals surface area contributed by atoms with Crippen LogP contribution in [-0.2, 0) is 6.42 Å². The highest BCUT2D eigenvalue weighted by Crippen LogP contribution is 2.19. The third-order valence-corrected chi connectivity index (χ3v) is 2.99. The summed E-state index contributed by atoms with van der Waals surface area (Å²) in [5, 5.41) is 3.10. The van der Waals surface area contributed by atoms with Crippen LogP contribution in [0.5, 0.6) is 0 Å². The van der Waals surface area contributed by atoms with Crippen LogP contribution in [0.15, 0.2) is 53.0 Å². The van der Waals surface area contributed by atoms with Crippen LogP contribution in [0.3, 0.4) is 0 Å². The number of anilines is 1. The van der Waals surface area contributed by atoms with Gasteiger partial charge in [-0.05, 0) is 30.2 Å². The Morgan fingerprint density at radius 1 is 1.06 bits per heavy atom. The molecule has 0 saturated carbocycles. The summed E-state index contributed by atoms with van der Waals surface area (Å²) < 4.78 is 14.3. The Balaban J connectivity index is 1.92. The average Bonchev–Trinajstić information content (AvgIpc) is 2.35. The maximum atomic E-state index is 13.4. The van der Waals surface area contributed by atoms with Crippen LogP contribution >= 0.6 is 15.9 Å². The number of hydrogen-bond donors (Lipinski definition) is 1. The van der Waals surface area contributed by atoms with Crippen molar-refractivity contribution in [3.63, 3.8) is 0 Å². The Morgan fingerprint density at radius 2 is 1.82 bits per heavy atom. The fourth-order valence-corrected chi connectivity index (χ4v) is 1.98. The summed E-state index contributed by atoms with van der Waals surface area (Å²) in [6, 6.07) is 15.0. The van der Waals surface area contributed by atoms with Crippen LogP contribution in [0.25, 0.3) is 0 Å². The van der Waals surface area contributed by atoms with Gasteiger partial charge in [-0.1, -0.05) is 46.3 Å². The number of hydrogen-bond acceptors (Lipinski definition) is 1. The number of nitrogens with one attached hydrogen (secondary N) is 1. The van der Waals surface area contributed by atoms with Crippen LogP contribution in [0, 0.1) is 5.82 Å². The first-order chi connectivity index (χ1) is 8.25. The molecule has 0 amide bonds. The smallest absolute Gasteiger partial charge is 0.146 e. The molecule has 0 atom stereocenters. The minimum atomic E-state index is -0.221. The maximum absolute atomic E-state index is 13.4. The van der Waals surface area contributed by atoms with E-state index in [0.29, 0.717) is 5.69 Å². The molecule has 3 heteroatoms.